The Morgan fingerprint density at radius 1 is 0.886 bits per heavy atom. The molecule has 0 spiro atoms. The Morgan fingerprint density at radius 2 is 1.57 bits per heavy atom. The number of hydrogen-bond acceptors (Lipinski definition) is 5. The average molecular weight is 493 g/mol. The summed E-state index contributed by atoms with van der Waals surface area (Å²) in [5.41, 5.74) is 2.61. The van der Waals surface area contributed by atoms with Crippen LogP contribution in [0.25, 0.3) is 0 Å². The predicted octanol–water partition coefficient (Wildman–Crippen LogP) is 3.74. The smallest absolute Gasteiger partial charge is 0.250 e. The van der Waals surface area contributed by atoms with Gasteiger partial charge in [-0.25, -0.2) is 0 Å². The molecule has 0 unspecified atom stereocenters. The Bertz CT molecular complexity index is 1080. The first-order valence-electron chi connectivity index (χ1n) is 12.6. The maximum atomic E-state index is 13.4. The minimum Gasteiger partial charge on any atom is -0.341 e. The van der Waals surface area contributed by atoms with E-state index in [-0.39, 0.29) is 24.3 Å². The topological polar surface area (TPSA) is 73.0 Å². The molecule has 3 amide bonds. The highest BCUT2D eigenvalue weighted by Gasteiger charge is 2.41. The molecule has 0 saturated carbocycles. The number of nitrogens with zero attached hydrogens (tertiary/aromatic N) is 3. The molecule has 7 nitrogen and oxygen atoms in total. The highest BCUT2D eigenvalue weighted by molar-refractivity contribution is 8.01. The third-order valence-electron chi connectivity index (χ3n) is 6.93. The van der Waals surface area contributed by atoms with E-state index in [1.807, 2.05) is 48.5 Å². The number of para-hydroxylation sites is 1. The summed E-state index contributed by atoms with van der Waals surface area (Å²) in [6.07, 6.45) is 5.77. The van der Waals surface area contributed by atoms with Gasteiger partial charge in [0, 0.05) is 30.2 Å². The van der Waals surface area contributed by atoms with Crippen molar-refractivity contribution in [3.63, 3.8) is 0 Å². The van der Waals surface area contributed by atoms with Gasteiger partial charge in [-0.3, -0.25) is 19.3 Å². The lowest BCUT2D eigenvalue weighted by molar-refractivity contribution is -0.134. The lowest BCUT2D eigenvalue weighted by atomic mass is 10.1. The van der Waals surface area contributed by atoms with Crippen LogP contribution in [0.15, 0.2) is 53.4 Å². The summed E-state index contributed by atoms with van der Waals surface area (Å²) in [6, 6.07) is 15.4. The van der Waals surface area contributed by atoms with Crippen LogP contribution in [0.3, 0.4) is 0 Å². The quantitative estimate of drug-likeness (QED) is 0.622. The summed E-state index contributed by atoms with van der Waals surface area (Å²) in [4.78, 5) is 46.0. The molecule has 3 aliphatic rings. The van der Waals surface area contributed by atoms with Gasteiger partial charge in [-0.05, 0) is 68.6 Å². The van der Waals surface area contributed by atoms with Crippen molar-refractivity contribution in [3.8, 4) is 0 Å². The molecule has 0 radical (unpaired) electrons. The summed E-state index contributed by atoms with van der Waals surface area (Å²) in [6.45, 7) is 4.47. The zero-order chi connectivity index (χ0) is 24.2. The first-order chi connectivity index (χ1) is 17.1. The lowest BCUT2D eigenvalue weighted by Crippen LogP contribution is -2.51. The first kappa shape index (κ1) is 23.9. The van der Waals surface area contributed by atoms with Crippen molar-refractivity contribution < 1.29 is 14.4 Å². The second kappa shape index (κ2) is 10.8. The number of amides is 3. The summed E-state index contributed by atoms with van der Waals surface area (Å²) in [5.74, 6) is -0.754. The van der Waals surface area contributed by atoms with Crippen LogP contribution in [0.1, 0.15) is 37.7 Å². The van der Waals surface area contributed by atoms with E-state index in [0.717, 1.165) is 37.4 Å². The SMILES string of the molecule is O=C(CN1C(=O)[C@H](C(=O)N2CCCC2)Sc2ccccc21)Nc1ccc(CN2CCCCC2)cc1. The zero-order valence-electron chi connectivity index (χ0n) is 19.9. The Hall–Kier alpha value is -2.84. The van der Waals surface area contributed by atoms with Gasteiger partial charge in [-0.2, -0.15) is 0 Å². The van der Waals surface area contributed by atoms with Gasteiger partial charge in [0.1, 0.15) is 6.54 Å². The molecule has 184 valence electrons. The molecule has 2 aromatic carbocycles. The van der Waals surface area contributed by atoms with E-state index in [4.69, 9.17) is 0 Å². The molecule has 8 heteroatoms. The van der Waals surface area contributed by atoms with Crippen molar-refractivity contribution in [2.45, 2.75) is 48.8 Å². The maximum Gasteiger partial charge on any atom is 0.250 e. The molecule has 2 aromatic rings. The molecular weight excluding hydrogens is 460 g/mol. The van der Waals surface area contributed by atoms with Crippen LogP contribution in [0.5, 0.6) is 0 Å². The number of hydrogen-bond donors (Lipinski definition) is 1. The first-order valence-corrected chi connectivity index (χ1v) is 13.4. The van der Waals surface area contributed by atoms with E-state index in [0.29, 0.717) is 24.5 Å². The molecule has 3 aliphatic heterocycles. The molecule has 3 heterocycles. The minimum absolute atomic E-state index is 0.129. The van der Waals surface area contributed by atoms with E-state index >= 15 is 0 Å². The number of piperidine rings is 1. The second-order valence-electron chi connectivity index (χ2n) is 9.50. The molecule has 1 N–H and O–H groups in total. The van der Waals surface area contributed by atoms with Crippen LogP contribution in [-0.4, -0.2) is 65.5 Å². The minimum atomic E-state index is -0.843. The van der Waals surface area contributed by atoms with Gasteiger partial charge in [0.25, 0.3) is 5.91 Å². The summed E-state index contributed by atoms with van der Waals surface area (Å²) >= 11 is 1.29. The van der Waals surface area contributed by atoms with E-state index < -0.39 is 5.25 Å². The van der Waals surface area contributed by atoms with E-state index in [9.17, 15) is 14.4 Å². The highest BCUT2D eigenvalue weighted by atomic mass is 32.2. The van der Waals surface area contributed by atoms with E-state index in [2.05, 4.69) is 10.2 Å². The number of anilines is 2. The zero-order valence-corrected chi connectivity index (χ0v) is 20.8. The van der Waals surface area contributed by atoms with Crippen molar-refractivity contribution in [2.24, 2.45) is 0 Å². The van der Waals surface area contributed by atoms with Crippen molar-refractivity contribution in [2.75, 3.05) is 42.9 Å². The Labute approximate surface area is 210 Å². The molecule has 2 saturated heterocycles. The van der Waals surface area contributed by atoms with Crippen LogP contribution >= 0.6 is 11.8 Å². The summed E-state index contributed by atoms with van der Waals surface area (Å²) in [7, 11) is 0. The standard InChI is InChI=1S/C27H32N4O3S/c32-24(28-21-12-10-20(11-13-21)18-29-14-4-1-5-15-29)19-31-22-8-2-3-9-23(22)35-25(27(31)34)26(33)30-16-6-7-17-30/h2-3,8-13,25H,1,4-7,14-19H2,(H,28,32)/t25-/m0/s1. The maximum absolute atomic E-state index is 13.4. The molecule has 0 bridgehead atoms. The molecule has 0 aliphatic carbocycles. The highest BCUT2D eigenvalue weighted by Crippen LogP contribution is 2.40. The lowest BCUT2D eigenvalue weighted by Gasteiger charge is -2.34. The van der Waals surface area contributed by atoms with Crippen LogP contribution in [-0.2, 0) is 20.9 Å². The third-order valence-corrected chi connectivity index (χ3v) is 8.17. The van der Waals surface area contributed by atoms with Gasteiger partial charge in [0.2, 0.25) is 11.8 Å². The Kier molecular flexibility index (Phi) is 7.39. The fourth-order valence-electron chi connectivity index (χ4n) is 5.05. The van der Waals surface area contributed by atoms with Crippen LogP contribution < -0.4 is 10.2 Å². The Balaban J connectivity index is 1.25. The monoisotopic (exact) mass is 492 g/mol. The number of thioether (sulfide) groups is 1. The largest absolute Gasteiger partial charge is 0.341 e. The fraction of sp³-hybridized carbons (Fsp3) is 0.444. The number of rotatable bonds is 6. The molecule has 0 aromatic heterocycles. The molecule has 5 rings (SSSR count). The van der Waals surface area contributed by atoms with Crippen molar-refractivity contribution >= 4 is 40.9 Å². The molecule has 35 heavy (non-hydrogen) atoms. The summed E-state index contributed by atoms with van der Waals surface area (Å²) in [5, 5.41) is 2.08. The van der Waals surface area contributed by atoms with E-state index in [1.54, 1.807) is 4.90 Å². The van der Waals surface area contributed by atoms with Gasteiger partial charge in [0.15, 0.2) is 5.25 Å². The van der Waals surface area contributed by atoms with Gasteiger partial charge in [-0.15, -0.1) is 11.8 Å². The molecule has 1 atom stereocenters. The molecular formula is C27H32N4O3S. The van der Waals surface area contributed by atoms with Crippen LogP contribution in [0.2, 0.25) is 0 Å². The van der Waals surface area contributed by atoms with Gasteiger partial charge in [-0.1, -0.05) is 30.7 Å². The molecule has 2 fully saturated rings. The summed E-state index contributed by atoms with van der Waals surface area (Å²) < 4.78 is 0. The van der Waals surface area contributed by atoms with Gasteiger partial charge >= 0.3 is 0 Å². The number of carbonyl (C=O) groups excluding carboxylic acids is 3. The van der Waals surface area contributed by atoms with Crippen molar-refractivity contribution in [3.05, 3.63) is 54.1 Å². The van der Waals surface area contributed by atoms with Gasteiger partial charge < -0.3 is 15.1 Å². The Morgan fingerprint density at radius 3 is 2.31 bits per heavy atom. The number of nitrogens with one attached hydrogen (secondary N) is 1. The van der Waals surface area contributed by atoms with Gasteiger partial charge in [0.05, 0.1) is 5.69 Å². The number of carbonyl (C=O) groups is 3. The number of likely N-dealkylation sites (tertiary alicyclic amines) is 2. The normalized spacial score (nSPS) is 20.6. The van der Waals surface area contributed by atoms with Crippen LogP contribution in [0.4, 0.5) is 11.4 Å². The van der Waals surface area contributed by atoms with E-state index in [1.165, 1.54) is 41.5 Å². The second-order valence-corrected chi connectivity index (χ2v) is 10.7. The fourth-order valence-corrected chi connectivity index (χ4v) is 6.24. The average Bonchev–Trinajstić information content (AvgIpc) is 3.42. The van der Waals surface area contributed by atoms with Crippen molar-refractivity contribution in [1.29, 1.82) is 0 Å². The number of fused-ring (bicyclic) bond motifs is 1. The number of benzene rings is 2. The van der Waals surface area contributed by atoms with Crippen LogP contribution in [0, 0.1) is 0 Å². The third kappa shape index (κ3) is 5.54. The van der Waals surface area contributed by atoms with Crippen molar-refractivity contribution in [1.82, 2.24) is 9.80 Å². The predicted molar refractivity (Wildman–Crippen MR) is 138 cm³/mol.